The lowest BCUT2D eigenvalue weighted by Crippen LogP contribution is -2.31. The van der Waals surface area contributed by atoms with E-state index in [4.69, 9.17) is 16.3 Å². The smallest absolute Gasteiger partial charge is 0.416 e. The Bertz CT molecular complexity index is 1450. The van der Waals surface area contributed by atoms with Crippen LogP contribution in [0.2, 0.25) is 5.02 Å². The van der Waals surface area contributed by atoms with Crippen LogP contribution >= 0.6 is 22.9 Å². The maximum Gasteiger partial charge on any atom is 0.416 e. The molecule has 0 aliphatic heterocycles. The number of carbonyl (C=O) groups is 1. The number of aromatic nitrogens is 2. The average Bonchev–Trinajstić information content (AvgIpc) is 3.25. The maximum absolute atomic E-state index is 13.4. The van der Waals surface area contributed by atoms with Gasteiger partial charge in [-0.25, -0.2) is 4.98 Å². The zero-order chi connectivity index (χ0) is 25.3. The van der Waals surface area contributed by atoms with E-state index >= 15 is 0 Å². The number of carbonyl (C=O) groups excluding carboxylic acids is 1. The van der Waals surface area contributed by atoms with Crippen LogP contribution in [0.3, 0.4) is 0 Å². The second-order valence-electron chi connectivity index (χ2n) is 7.60. The summed E-state index contributed by atoms with van der Waals surface area (Å²) in [7, 11) is 0. The second kappa shape index (κ2) is 9.71. The molecular weight excluding hydrogens is 503 g/mol. The largest absolute Gasteiger partial charge is 0.494 e. The molecule has 1 atom stereocenters. The molecule has 1 N–H and O–H groups in total. The summed E-state index contributed by atoms with van der Waals surface area (Å²) in [5, 5.41) is 4.48. The molecule has 4 rings (SSSR count). The van der Waals surface area contributed by atoms with Gasteiger partial charge in [0.25, 0.3) is 5.56 Å². The minimum absolute atomic E-state index is 0.0601. The van der Waals surface area contributed by atoms with Crippen LogP contribution in [0, 0.1) is 0 Å². The lowest BCUT2D eigenvalue weighted by molar-refractivity contribution is -0.137. The lowest BCUT2D eigenvalue weighted by Gasteiger charge is -2.17. The molecule has 35 heavy (non-hydrogen) atoms. The minimum Gasteiger partial charge on any atom is -0.494 e. The molecule has 2 heterocycles. The van der Waals surface area contributed by atoms with E-state index in [9.17, 15) is 22.8 Å². The molecule has 0 spiro atoms. The SMILES string of the molecule is CCOc1ccc(-c2csc3ncn(C(C)C(=O)Nc4cc(C(F)(F)F)ccc4Cl)c(=O)c23)cc1. The Morgan fingerprint density at radius 2 is 1.94 bits per heavy atom. The number of hydrogen-bond acceptors (Lipinski definition) is 5. The molecule has 4 aromatic rings. The predicted octanol–water partition coefficient (Wildman–Crippen LogP) is 6.40. The van der Waals surface area contributed by atoms with Gasteiger partial charge in [-0.3, -0.25) is 14.2 Å². The quantitative estimate of drug-likeness (QED) is 0.319. The summed E-state index contributed by atoms with van der Waals surface area (Å²) in [5.41, 5.74) is -0.162. The Labute approximate surface area is 206 Å². The fourth-order valence-electron chi connectivity index (χ4n) is 3.49. The van der Waals surface area contributed by atoms with Crippen LogP contribution in [0.4, 0.5) is 18.9 Å². The number of hydrogen-bond donors (Lipinski definition) is 1. The Morgan fingerprint density at radius 1 is 1.23 bits per heavy atom. The van der Waals surface area contributed by atoms with Crippen LogP contribution < -0.4 is 15.6 Å². The third-order valence-electron chi connectivity index (χ3n) is 5.34. The fraction of sp³-hybridized carbons (Fsp3) is 0.208. The number of amides is 1. The predicted molar refractivity (Wildman–Crippen MR) is 130 cm³/mol. The molecule has 0 saturated heterocycles. The van der Waals surface area contributed by atoms with Gasteiger partial charge in [0.2, 0.25) is 5.91 Å². The highest BCUT2D eigenvalue weighted by Gasteiger charge is 2.31. The highest BCUT2D eigenvalue weighted by Crippen LogP contribution is 2.34. The van der Waals surface area contributed by atoms with E-state index in [1.807, 2.05) is 24.4 Å². The highest BCUT2D eigenvalue weighted by molar-refractivity contribution is 7.17. The molecular formula is C24H19ClF3N3O3S. The first-order valence-corrected chi connectivity index (χ1v) is 11.7. The van der Waals surface area contributed by atoms with Gasteiger partial charge in [0.1, 0.15) is 16.6 Å². The summed E-state index contributed by atoms with van der Waals surface area (Å²) in [6.07, 6.45) is -3.35. The van der Waals surface area contributed by atoms with Gasteiger partial charge in [-0.1, -0.05) is 23.7 Å². The van der Waals surface area contributed by atoms with Crippen molar-refractivity contribution < 1.29 is 22.7 Å². The number of halogens is 4. The van der Waals surface area contributed by atoms with Gasteiger partial charge in [0.15, 0.2) is 0 Å². The van der Waals surface area contributed by atoms with E-state index in [1.54, 1.807) is 12.1 Å². The molecule has 11 heteroatoms. The number of alkyl halides is 3. The number of benzene rings is 2. The summed E-state index contributed by atoms with van der Waals surface area (Å²) in [4.78, 5) is 31.0. The summed E-state index contributed by atoms with van der Waals surface area (Å²) >= 11 is 7.28. The molecule has 0 fully saturated rings. The normalized spacial score (nSPS) is 12.5. The number of anilines is 1. The van der Waals surface area contributed by atoms with Crippen molar-refractivity contribution >= 4 is 44.7 Å². The van der Waals surface area contributed by atoms with E-state index in [0.717, 1.165) is 28.3 Å². The Morgan fingerprint density at radius 3 is 2.60 bits per heavy atom. The van der Waals surface area contributed by atoms with Gasteiger partial charge in [-0.15, -0.1) is 11.3 Å². The van der Waals surface area contributed by atoms with Gasteiger partial charge in [0.05, 0.1) is 34.6 Å². The topological polar surface area (TPSA) is 73.2 Å². The molecule has 0 saturated carbocycles. The van der Waals surface area contributed by atoms with Crippen molar-refractivity contribution in [2.75, 3.05) is 11.9 Å². The molecule has 0 radical (unpaired) electrons. The van der Waals surface area contributed by atoms with Gasteiger partial charge in [0, 0.05) is 10.9 Å². The van der Waals surface area contributed by atoms with Crippen molar-refractivity contribution in [3.63, 3.8) is 0 Å². The number of ether oxygens (including phenoxy) is 1. The van der Waals surface area contributed by atoms with E-state index < -0.39 is 29.2 Å². The van der Waals surface area contributed by atoms with E-state index in [-0.39, 0.29) is 10.7 Å². The molecule has 1 unspecified atom stereocenters. The van der Waals surface area contributed by atoms with Gasteiger partial charge in [-0.2, -0.15) is 13.2 Å². The van der Waals surface area contributed by atoms with E-state index in [0.29, 0.717) is 28.1 Å². The lowest BCUT2D eigenvalue weighted by atomic mass is 10.1. The second-order valence-corrected chi connectivity index (χ2v) is 8.87. The summed E-state index contributed by atoms with van der Waals surface area (Å²) < 4.78 is 45.8. The van der Waals surface area contributed by atoms with Crippen molar-refractivity contribution in [3.05, 3.63) is 75.1 Å². The molecule has 2 aromatic carbocycles. The maximum atomic E-state index is 13.4. The summed E-state index contributed by atoms with van der Waals surface area (Å²) in [6.45, 7) is 3.86. The summed E-state index contributed by atoms with van der Waals surface area (Å²) in [6, 6.07) is 8.81. The van der Waals surface area contributed by atoms with Crippen LogP contribution in [0.5, 0.6) is 5.75 Å². The molecule has 2 aromatic heterocycles. The van der Waals surface area contributed by atoms with Crippen molar-refractivity contribution in [1.82, 2.24) is 9.55 Å². The summed E-state index contributed by atoms with van der Waals surface area (Å²) in [5.74, 6) is -0.0165. The zero-order valence-corrected chi connectivity index (χ0v) is 20.1. The van der Waals surface area contributed by atoms with Crippen molar-refractivity contribution in [2.24, 2.45) is 0 Å². The third kappa shape index (κ3) is 5.03. The van der Waals surface area contributed by atoms with Crippen LogP contribution in [0.15, 0.2) is 59.0 Å². The fourth-order valence-corrected chi connectivity index (χ4v) is 4.56. The minimum atomic E-state index is -4.60. The van der Waals surface area contributed by atoms with Crippen molar-refractivity contribution in [3.8, 4) is 16.9 Å². The van der Waals surface area contributed by atoms with Crippen molar-refractivity contribution in [2.45, 2.75) is 26.1 Å². The molecule has 0 bridgehead atoms. The Balaban J connectivity index is 1.66. The first-order chi connectivity index (χ1) is 16.6. The molecule has 6 nitrogen and oxygen atoms in total. The molecule has 1 amide bonds. The van der Waals surface area contributed by atoms with Crippen LogP contribution in [0.1, 0.15) is 25.5 Å². The van der Waals surface area contributed by atoms with E-state index in [2.05, 4.69) is 10.3 Å². The number of fused-ring (bicyclic) bond motifs is 1. The Hall–Kier alpha value is -3.37. The first kappa shape index (κ1) is 24.7. The number of thiophene rings is 1. The number of nitrogens with zero attached hydrogens (tertiary/aromatic N) is 2. The van der Waals surface area contributed by atoms with Crippen LogP contribution in [0.25, 0.3) is 21.3 Å². The standard InChI is InChI=1S/C24H19ClF3N3O3S/c1-3-34-16-7-4-14(5-8-16)17-11-35-22-20(17)23(33)31(12-29-22)13(2)21(32)30-19-10-15(24(26,27)28)6-9-18(19)25/h4-13H,3H2,1-2H3,(H,30,32). The molecule has 182 valence electrons. The van der Waals surface area contributed by atoms with Gasteiger partial charge < -0.3 is 10.1 Å². The highest BCUT2D eigenvalue weighted by atomic mass is 35.5. The molecule has 0 aliphatic carbocycles. The van der Waals surface area contributed by atoms with Crippen LogP contribution in [-0.4, -0.2) is 22.1 Å². The monoisotopic (exact) mass is 521 g/mol. The van der Waals surface area contributed by atoms with Crippen molar-refractivity contribution in [1.29, 1.82) is 0 Å². The first-order valence-electron chi connectivity index (χ1n) is 10.5. The molecule has 0 aliphatic rings. The van der Waals surface area contributed by atoms with Crippen LogP contribution in [-0.2, 0) is 11.0 Å². The third-order valence-corrected chi connectivity index (χ3v) is 6.56. The Kier molecular flexibility index (Phi) is 6.86. The van der Waals surface area contributed by atoms with E-state index in [1.165, 1.54) is 24.6 Å². The number of nitrogens with one attached hydrogen (secondary N) is 1. The van der Waals surface area contributed by atoms with Gasteiger partial charge >= 0.3 is 6.18 Å². The number of rotatable bonds is 6. The average molecular weight is 522 g/mol. The van der Waals surface area contributed by atoms with Gasteiger partial charge in [-0.05, 0) is 49.7 Å². The zero-order valence-electron chi connectivity index (χ0n) is 18.5.